The first-order valence-corrected chi connectivity index (χ1v) is 10.2. The van der Waals surface area contributed by atoms with Crippen molar-refractivity contribution < 1.29 is 17.9 Å². The molecule has 6 nitrogen and oxygen atoms in total. The van der Waals surface area contributed by atoms with Gasteiger partial charge in [0.15, 0.2) is 5.75 Å². The van der Waals surface area contributed by atoms with Gasteiger partial charge in [0, 0.05) is 6.04 Å². The molecule has 0 aliphatic carbocycles. The molecule has 1 N–H and O–H groups in total. The summed E-state index contributed by atoms with van der Waals surface area (Å²) in [7, 11) is -3.68. The van der Waals surface area contributed by atoms with Gasteiger partial charge in [-0.25, -0.2) is 8.42 Å². The number of nitrogens with one attached hydrogen (secondary N) is 1. The molecule has 26 heavy (non-hydrogen) atoms. The molecule has 2 rings (SSSR count). The lowest BCUT2D eigenvalue weighted by molar-refractivity contribution is -0.120. The van der Waals surface area contributed by atoms with Crippen LogP contribution >= 0.6 is 0 Å². The molecule has 0 aromatic heterocycles. The van der Waals surface area contributed by atoms with Crippen LogP contribution in [0.5, 0.6) is 11.5 Å². The topological polar surface area (TPSA) is 75.7 Å². The molecule has 0 bridgehead atoms. The van der Waals surface area contributed by atoms with E-state index in [2.05, 4.69) is 5.32 Å². The summed E-state index contributed by atoms with van der Waals surface area (Å²) in [5.41, 5.74) is 0.318. The summed E-state index contributed by atoms with van der Waals surface area (Å²) in [4.78, 5) is 12.3. The number of rotatable bonds is 8. The van der Waals surface area contributed by atoms with Gasteiger partial charge in [-0.3, -0.25) is 9.10 Å². The Kier molecular flexibility index (Phi) is 6.63. The van der Waals surface area contributed by atoms with Crippen molar-refractivity contribution in [2.75, 3.05) is 17.1 Å². The van der Waals surface area contributed by atoms with E-state index in [1.54, 1.807) is 36.4 Å². The smallest absolute Gasteiger partial charge is 0.240 e. The summed E-state index contributed by atoms with van der Waals surface area (Å²) in [5.74, 6) is 0.581. The summed E-state index contributed by atoms with van der Waals surface area (Å²) in [6, 6.07) is 15.8. The van der Waals surface area contributed by atoms with Crippen LogP contribution in [0.2, 0.25) is 0 Å². The molecular weight excluding hydrogens is 352 g/mol. The zero-order valence-corrected chi connectivity index (χ0v) is 16.0. The lowest BCUT2D eigenvalue weighted by Gasteiger charge is -2.25. The molecule has 0 aliphatic rings. The van der Waals surface area contributed by atoms with Crippen molar-refractivity contribution >= 4 is 21.6 Å². The largest absolute Gasteiger partial charge is 0.455 e. The molecule has 0 saturated carbocycles. The number of carbonyl (C=O) groups excluding carboxylic acids is 1. The van der Waals surface area contributed by atoms with Crippen LogP contribution < -0.4 is 14.4 Å². The van der Waals surface area contributed by atoms with Gasteiger partial charge < -0.3 is 10.1 Å². The Hall–Kier alpha value is -2.54. The number of hydrogen-bond acceptors (Lipinski definition) is 4. The average molecular weight is 376 g/mol. The van der Waals surface area contributed by atoms with E-state index in [1.165, 1.54) is 0 Å². The van der Waals surface area contributed by atoms with E-state index in [-0.39, 0.29) is 18.5 Å². The van der Waals surface area contributed by atoms with Gasteiger partial charge in [-0.2, -0.15) is 0 Å². The fourth-order valence-electron chi connectivity index (χ4n) is 2.30. The van der Waals surface area contributed by atoms with Gasteiger partial charge in [-0.1, -0.05) is 37.3 Å². The van der Waals surface area contributed by atoms with Crippen molar-refractivity contribution in [3.63, 3.8) is 0 Å². The van der Waals surface area contributed by atoms with Crippen LogP contribution in [-0.4, -0.2) is 33.2 Å². The summed E-state index contributed by atoms with van der Waals surface area (Å²) >= 11 is 0. The zero-order valence-electron chi connectivity index (χ0n) is 15.2. The maximum Gasteiger partial charge on any atom is 0.240 e. The third-order valence-electron chi connectivity index (χ3n) is 3.81. The number of hydrogen-bond donors (Lipinski definition) is 1. The first-order valence-electron chi connectivity index (χ1n) is 8.40. The van der Waals surface area contributed by atoms with Crippen LogP contribution in [0.1, 0.15) is 20.3 Å². The van der Waals surface area contributed by atoms with Gasteiger partial charge in [0.2, 0.25) is 15.9 Å². The quantitative estimate of drug-likeness (QED) is 0.768. The highest BCUT2D eigenvalue weighted by molar-refractivity contribution is 7.92. The SMILES string of the molecule is CCC(C)NC(=O)CN(c1ccccc1Oc1ccccc1)S(C)(=O)=O. The predicted octanol–water partition coefficient (Wildman–Crippen LogP) is 3.16. The molecule has 0 radical (unpaired) electrons. The van der Waals surface area contributed by atoms with E-state index in [9.17, 15) is 13.2 Å². The molecule has 2 aromatic carbocycles. The van der Waals surface area contributed by atoms with Gasteiger partial charge in [0.05, 0.1) is 11.9 Å². The number of nitrogens with zero attached hydrogens (tertiary/aromatic N) is 1. The predicted molar refractivity (Wildman–Crippen MR) is 103 cm³/mol. The normalized spacial score (nSPS) is 12.3. The lowest BCUT2D eigenvalue weighted by Crippen LogP contribution is -2.43. The van der Waals surface area contributed by atoms with Crippen molar-refractivity contribution in [1.29, 1.82) is 0 Å². The highest BCUT2D eigenvalue weighted by Crippen LogP contribution is 2.33. The molecule has 1 amide bonds. The molecule has 2 aromatic rings. The highest BCUT2D eigenvalue weighted by Gasteiger charge is 2.24. The number of para-hydroxylation sites is 3. The Bertz CT molecular complexity index is 838. The molecule has 0 fully saturated rings. The monoisotopic (exact) mass is 376 g/mol. The van der Waals surface area contributed by atoms with E-state index in [0.29, 0.717) is 17.2 Å². The highest BCUT2D eigenvalue weighted by atomic mass is 32.2. The van der Waals surface area contributed by atoms with Crippen molar-refractivity contribution in [3.8, 4) is 11.5 Å². The Morgan fingerprint density at radius 3 is 2.35 bits per heavy atom. The Morgan fingerprint density at radius 2 is 1.73 bits per heavy atom. The van der Waals surface area contributed by atoms with Crippen LogP contribution in [0.15, 0.2) is 54.6 Å². The minimum Gasteiger partial charge on any atom is -0.455 e. The summed E-state index contributed by atoms with van der Waals surface area (Å²) in [6.45, 7) is 3.51. The van der Waals surface area contributed by atoms with Crippen LogP contribution in [0.25, 0.3) is 0 Å². The molecule has 1 atom stereocenters. The average Bonchev–Trinajstić information content (AvgIpc) is 2.60. The Balaban J connectivity index is 2.33. The number of amides is 1. The molecular formula is C19H24N2O4S. The van der Waals surface area contributed by atoms with Crippen LogP contribution in [0.3, 0.4) is 0 Å². The molecule has 1 unspecified atom stereocenters. The lowest BCUT2D eigenvalue weighted by atomic mass is 10.2. The van der Waals surface area contributed by atoms with Crippen LogP contribution in [0, 0.1) is 0 Å². The second-order valence-corrected chi connectivity index (χ2v) is 7.94. The van der Waals surface area contributed by atoms with Gasteiger partial charge in [-0.05, 0) is 37.6 Å². The molecule has 0 saturated heterocycles. The van der Waals surface area contributed by atoms with Gasteiger partial charge >= 0.3 is 0 Å². The van der Waals surface area contributed by atoms with E-state index < -0.39 is 10.0 Å². The molecule has 0 heterocycles. The Morgan fingerprint density at radius 1 is 1.12 bits per heavy atom. The number of benzene rings is 2. The third-order valence-corrected chi connectivity index (χ3v) is 4.94. The summed E-state index contributed by atoms with van der Waals surface area (Å²) in [6.07, 6.45) is 1.83. The summed E-state index contributed by atoms with van der Waals surface area (Å²) < 4.78 is 31.5. The third kappa shape index (κ3) is 5.49. The first kappa shape index (κ1) is 19.8. The first-order chi connectivity index (χ1) is 12.3. The minimum absolute atomic E-state index is 0.0280. The van der Waals surface area contributed by atoms with E-state index in [1.807, 2.05) is 32.0 Å². The number of ether oxygens (including phenoxy) is 1. The minimum atomic E-state index is -3.68. The van der Waals surface area contributed by atoms with E-state index >= 15 is 0 Å². The maximum absolute atomic E-state index is 12.3. The second-order valence-electron chi connectivity index (χ2n) is 6.03. The summed E-state index contributed by atoms with van der Waals surface area (Å²) in [5, 5.41) is 2.79. The van der Waals surface area contributed by atoms with Crippen molar-refractivity contribution in [2.45, 2.75) is 26.3 Å². The van der Waals surface area contributed by atoms with Gasteiger partial charge in [-0.15, -0.1) is 0 Å². The number of sulfonamides is 1. The van der Waals surface area contributed by atoms with Crippen molar-refractivity contribution in [2.24, 2.45) is 0 Å². The van der Waals surface area contributed by atoms with Crippen LogP contribution in [-0.2, 0) is 14.8 Å². The van der Waals surface area contributed by atoms with Crippen molar-refractivity contribution in [3.05, 3.63) is 54.6 Å². The Labute approximate surface area is 154 Å². The molecule has 0 spiro atoms. The molecule has 140 valence electrons. The second kappa shape index (κ2) is 8.71. The van der Waals surface area contributed by atoms with Crippen LogP contribution in [0.4, 0.5) is 5.69 Å². The number of carbonyl (C=O) groups is 1. The standard InChI is InChI=1S/C19H24N2O4S/c1-4-15(2)20-19(22)14-21(26(3,23)24)17-12-8-9-13-18(17)25-16-10-6-5-7-11-16/h5-13,15H,4,14H2,1-3H3,(H,20,22). The van der Waals surface area contributed by atoms with Gasteiger partial charge in [0.25, 0.3) is 0 Å². The van der Waals surface area contributed by atoms with E-state index in [0.717, 1.165) is 17.0 Å². The molecule has 0 aliphatic heterocycles. The fourth-order valence-corrected chi connectivity index (χ4v) is 3.16. The number of anilines is 1. The van der Waals surface area contributed by atoms with E-state index in [4.69, 9.17) is 4.74 Å². The zero-order chi connectivity index (χ0) is 19.2. The molecule has 7 heteroatoms. The van der Waals surface area contributed by atoms with Crippen molar-refractivity contribution in [1.82, 2.24) is 5.32 Å². The fraction of sp³-hybridized carbons (Fsp3) is 0.316. The maximum atomic E-state index is 12.3. The van der Waals surface area contributed by atoms with Gasteiger partial charge in [0.1, 0.15) is 12.3 Å².